The molecular formula is C15H20N2O3S2. The fraction of sp³-hybridized carbons (Fsp3) is 0.533. The summed E-state index contributed by atoms with van der Waals surface area (Å²) >= 11 is 1.77. The minimum atomic E-state index is -3.43. The van der Waals surface area contributed by atoms with E-state index in [-0.39, 0.29) is 16.8 Å². The highest BCUT2D eigenvalue weighted by Gasteiger charge is 2.26. The summed E-state index contributed by atoms with van der Waals surface area (Å²) in [6, 6.07) is 6.54. The van der Waals surface area contributed by atoms with Crippen molar-refractivity contribution in [2.45, 2.75) is 30.2 Å². The van der Waals surface area contributed by atoms with Crippen molar-refractivity contribution in [1.82, 2.24) is 9.62 Å². The van der Waals surface area contributed by atoms with Gasteiger partial charge in [-0.2, -0.15) is 16.1 Å². The molecule has 5 nitrogen and oxygen atoms in total. The van der Waals surface area contributed by atoms with Gasteiger partial charge in [-0.3, -0.25) is 4.79 Å². The number of thioether (sulfide) groups is 1. The zero-order chi connectivity index (χ0) is 15.6. The maximum absolute atomic E-state index is 12.5. The van der Waals surface area contributed by atoms with Crippen LogP contribution in [0, 0.1) is 0 Å². The van der Waals surface area contributed by atoms with Gasteiger partial charge in [0.25, 0.3) is 5.91 Å². The van der Waals surface area contributed by atoms with Gasteiger partial charge in [-0.1, -0.05) is 0 Å². The van der Waals surface area contributed by atoms with Crippen LogP contribution in [-0.2, 0) is 10.0 Å². The first-order valence-corrected chi connectivity index (χ1v) is 10.2. The van der Waals surface area contributed by atoms with Crippen molar-refractivity contribution in [2.24, 2.45) is 0 Å². The summed E-state index contributed by atoms with van der Waals surface area (Å²) in [5, 5.41) is 2.95. The number of nitrogens with one attached hydrogen (secondary N) is 1. The second kappa shape index (κ2) is 6.60. The number of hydrogen-bond donors (Lipinski definition) is 1. The van der Waals surface area contributed by atoms with Gasteiger partial charge >= 0.3 is 0 Å². The van der Waals surface area contributed by atoms with Crippen LogP contribution in [0.25, 0.3) is 0 Å². The molecule has 3 rings (SSSR count). The average Bonchev–Trinajstić information content (AvgIpc) is 2.51. The normalized spacial score (nSPS) is 20.4. The lowest BCUT2D eigenvalue weighted by molar-refractivity contribution is 0.0917. The third kappa shape index (κ3) is 3.31. The maximum atomic E-state index is 12.5. The van der Waals surface area contributed by atoms with Crippen LogP contribution < -0.4 is 5.32 Å². The standard InChI is InChI=1S/C15H20N2O3S2/c18-15(16-13-2-1-3-13)12-4-6-14(7-5-12)22(19,20)17-8-10-21-11-9-17/h4-7,13H,1-3,8-11H2,(H,16,18). The van der Waals surface area contributed by atoms with E-state index in [0.29, 0.717) is 18.7 Å². The number of sulfonamides is 1. The number of hydrogen-bond acceptors (Lipinski definition) is 4. The predicted octanol–water partition coefficient (Wildman–Crippen LogP) is 1.71. The van der Waals surface area contributed by atoms with E-state index >= 15 is 0 Å². The Morgan fingerprint density at radius 3 is 2.32 bits per heavy atom. The summed E-state index contributed by atoms with van der Waals surface area (Å²) in [4.78, 5) is 12.3. The SMILES string of the molecule is O=C(NC1CCC1)c1ccc(S(=O)(=O)N2CCSCC2)cc1. The van der Waals surface area contributed by atoms with Gasteiger partial charge in [-0.25, -0.2) is 8.42 Å². The van der Waals surface area contributed by atoms with Gasteiger partial charge in [0.2, 0.25) is 10.0 Å². The van der Waals surface area contributed by atoms with Crippen molar-refractivity contribution in [3.05, 3.63) is 29.8 Å². The Kier molecular flexibility index (Phi) is 4.75. The smallest absolute Gasteiger partial charge is 0.251 e. The first-order valence-electron chi connectivity index (χ1n) is 7.56. The fourth-order valence-corrected chi connectivity index (χ4v) is 5.11. The summed E-state index contributed by atoms with van der Waals surface area (Å²) < 4.78 is 26.6. The van der Waals surface area contributed by atoms with Gasteiger partial charge in [0, 0.05) is 36.2 Å². The van der Waals surface area contributed by atoms with Crippen LogP contribution in [0.1, 0.15) is 29.6 Å². The van der Waals surface area contributed by atoms with E-state index in [1.807, 2.05) is 0 Å². The summed E-state index contributed by atoms with van der Waals surface area (Å²) in [6.45, 7) is 1.10. The van der Waals surface area contributed by atoms with Crippen LogP contribution in [0.15, 0.2) is 29.2 Å². The summed E-state index contributed by atoms with van der Waals surface area (Å²) in [6.07, 6.45) is 3.23. The molecule has 0 atom stereocenters. The van der Waals surface area contributed by atoms with E-state index in [9.17, 15) is 13.2 Å². The van der Waals surface area contributed by atoms with Crippen molar-refractivity contribution >= 4 is 27.7 Å². The lowest BCUT2D eigenvalue weighted by Gasteiger charge is -2.26. The van der Waals surface area contributed by atoms with E-state index in [4.69, 9.17) is 0 Å². The van der Waals surface area contributed by atoms with E-state index in [2.05, 4.69) is 5.32 Å². The van der Waals surface area contributed by atoms with Crippen molar-refractivity contribution in [1.29, 1.82) is 0 Å². The molecular weight excluding hydrogens is 320 g/mol. The van der Waals surface area contributed by atoms with Crippen LogP contribution in [0.4, 0.5) is 0 Å². The molecule has 1 amide bonds. The third-order valence-electron chi connectivity index (χ3n) is 4.16. The highest BCUT2D eigenvalue weighted by Crippen LogP contribution is 2.21. The Balaban J connectivity index is 1.71. The Bertz CT molecular complexity index is 633. The van der Waals surface area contributed by atoms with E-state index in [1.165, 1.54) is 16.4 Å². The van der Waals surface area contributed by atoms with Crippen molar-refractivity contribution in [3.63, 3.8) is 0 Å². The molecule has 1 saturated heterocycles. The molecule has 7 heteroatoms. The third-order valence-corrected chi connectivity index (χ3v) is 7.02. The summed E-state index contributed by atoms with van der Waals surface area (Å²) in [7, 11) is -3.43. The maximum Gasteiger partial charge on any atom is 0.251 e. The predicted molar refractivity (Wildman–Crippen MR) is 87.6 cm³/mol. The molecule has 2 fully saturated rings. The molecule has 0 unspecified atom stereocenters. The number of carbonyl (C=O) groups excluding carboxylic acids is 1. The van der Waals surface area contributed by atoms with Gasteiger partial charge in [-0.15, -0.1) is 0 Å². The minimum absolute atomic E-state index is 0.122. The molecule has 0 aromatic heterocycles. The molecule has 0 bridgehead atoms. The van der Waals surface area contributed by atoms with Gasteiger partial charge < -0.3 is 5.32 Å². The molecule has 0 spiro atoms. The fourth-order valence-electron chi connectivity index (χ4n) is 2.54. The molecule has 0 radical (unpaired) electrons. The first-order chi connectivity index (χ1) is 10.6. The Morgan fingerprint density at radius 2 is 1.77 bits per heavy atom. The highest BCUT2D eigenvalue weighted by atomic mass is 32.2. The second-order valence-corrected chi connectivity index (χ2v) is 8.80. The number of benzene rings is 1. The lowest BCUT2D eigenvalue weighted by Crippen LogP contribution is -2.39. The molecule has 1 N–H and O–H groups in total. The quantitative estimate of drug-likeness (QED) is 0.906. The monoisotopic (exact) mass is 340 g/mol. The van der Waals surface area contributed by atoms with Gasteiger partial charge in [0.05, 0.1) is 4.90 Å². The topological polar surface area (TPSA) is 66.5 Å². The Labute approximate surface area is 135 Å². The number of carbonyl (C=O) groups is 1. The molecule has 1 aliphatic carbocycles. The van der Waals surface area contributed by atoms with Gasteiger partial charge in [-0.05, 0) is 43.5 Å². The zero-order valence-corrected chi connectivity index (χ0v) is 14.0. The lowest BCUT2D eigenvalue weighted by atomic mass is 9.93. The number of nitrogens with zero attached hydrogens (tertiary/aromatic N) is 1. The Hall–Kier alpha value is -1.05. The average molecular weight is 340 g/mol. The molecule has 1 aromatic rings. The number of amides is 1. The molecule has 2 aliphatic rings. The van der Waals surface area contributed by atoms with Gasteiger partial charge in [0.1, 0.15) is 0 Å². The molecule has 1 heterocycles. The van der Waals surface area contributed by atoms with Crippen LogP contribution in [0.2, 0.25) is 0 Å². The molecule has 120 valence electrons. The van der Waals surface area contributed by atoms with Crippen LogP contribution >= 0.6 is 11.8 Å². The van der Waals surface area contributed by atoms with Crippen molar-refractivity contribution < 1.29 is 13.2 Å². The molecule has 1 aliphatic heterocycles. The van der Waals surface area contributed by atoms with Crippen LogP contribution in [0.5, 0.6) is 0 Å². The largest absolute Gasteiger partial charge is 0.349 e. The van der Waals surface area contributed by atoms with Crippen molar-refractivity contribution in [2.75, 3.05) is 24.6 Å². The van der Waals surface area contributed by atoms with Crippen LogP contribution in [0.3, 0.4) is 0 Å². The summed E-state index contributed by atoms with van der Waals surface area (Å²) in [5.41, 5.74) is 0.514. The van der Waals surface area contributed by atoms with E-state index in [1.54, 1.807) is 23.9 Å². The van der Waals surface area contributed by atoms with Crippen LogP contribution in [-0.4, -0.2) is 49.3 Å². The molecule has 1 saturated carbocycles. The second-order valence-electron chi connectivity index (χ2n) is 5.64. The molecule has 22 heavy (non-hydrogen) atoms. The first kappa shape index (κ1) is 15.8. The molecule has 1 aromatic carbocycles. The Morgan fingerprint density at radius 1 is 1.14 bits per heavy atom. The number of rotatable bonds is 4. The van der Waals surface area contributed by atoms with E-state index in [0.717, 1.165) is 30.8 Å². The van der Waals surface area contributed by atoms with Crippen molar-refractivity contribution in [3.8, 4) is 0 Å². The minimum Gasteiger partial charge on any atom is -0.349 e. The van der Waals surface area contributed by atoms with Gasteiger partial charge in [0.15, 0.2) is 0 Å². The van der Waals surface area contributed by atoms with E-state index < -0.39 is 10.0 Å². The zero-order valence-electron chi connectivity index (χ0n) is 12.3. The highest BCUT2D eigenvalue weighted by molar-refractivity contribution is 7.99. The summed E-state index contributed by atoms with van der Waals surface area (Å²) in [5.74, 6) is 1.55.